The van der Waals surface area contributed by atoms with Gasteiger partial charge in [-0.1, -0.05) is 31.9 Å². The molecule has 104 valence electrons. The van der Waals surface area contributed by atoms with Gasteiger partial charge in [0.05, 0.1) is 16.3 Å². The Hall–Kier alpha value is -1.42. The number of amides is 1. The fraction of sp³-hybridized carbons (Fsp3) is 0.500. The molecule has 0 saturated heterocycles. The van der Waals surface area contributed by atoms with Crippen LogP contribution in [0, 0.1) is 5.41 Å². The Morgan fingerprint density at radius 3 is 2.68 bits per heavy atom. The van der Waals surface area contributed by atoms with Crippen molar-refractivity contribution < 1.29 is 4.79 Å². The van der Waals surface area contributed by atoms with Crippen LogP contribution in [-0.4, -0.2) is 11.9 Å². The zero-order chi connectivity index (χ0) is 14.2. The fourth-order valence-corrected chi connectivity index (χ4v) is 3.02. The van der Waals surface area contributed by atoms with Gasteiger partial charge in [0.1, 0.15) is 0 Å². The SMILES string of the molecule is CC1(C)CCCC1Nc1c(Cl)cc(N)cc1C(N)=O. The van der Waals surface area contributed by atoms with E-state index in [1.165, 1.54) is 6.42 Å². The molecular weight excluding hydrogens is 262 g/mol. The molecule has 1 saturated carbocycles. The number of hydrogen-bond acceptors (Lipinski definition) is 3. The molecule has 0 bridgehead atoms. The molecule has 0 aliphatic heterocycles. The van der Waals surface area contributed by atoms with Crippen molar-refractivity contribution in [3.05, 3.63) is 22.7 Å². The number of hydrogen-bond donors (Lipinski definition) is 3. The molecule has 1 aliphatic rings. The third kappa shape index (κ3) is 2.78. The minimum Gasteiger partial charge on any atom is -0.399 e. The summed E-state index contributed by atoms with van der Waals surface area (Å²) in [6.07, 6.45) is 3.39. The number of rotatable bonds is 3. The lowest BCUT2D eigenvalue weighted by Crippen LogP contribution is -2.32. The molecule has 1 aromatic carbocycles. The number of anilines is 2. The van der Waals surface area contributed by atoms with Crippen molar-refractivity contribution in [2.24, 2.45) is 11.1 Å². The highest BCUT2D eigenvalue weighted by Crippen LogP contribution is 2.41. The molecule has 0 heterocycles. The summed E-state index contributed by atoms with van der Waals surface area (Å²) in [4.78, 5) is 11.5. The Bertz CT molecular complexity index is 514. The molecule has 5 heteroatoms. The van der Waals surface area contributed by atoms with Crippen molar-refractivity contribution >= 4 is 28.9 Å². The molecule has 1 aromatic rings. The maximum Gasteiger partial charge on any atom is 0.250 e. The topological polar surface area (TPSA) is 81.1 Å². The first-order valence-electron chi connectivity index (χ1n) is 6.46. The fourth-order valence-electron chi connectivity index (χ4n) is 2.74. The van der Waals surface area contributed by atoms with E-state index in [4.69, 9.17) is 23.1 Å². The molecule has 1 atom stereocenters. The monoisotopic (exact) mass is 281 g/mol. The van der Waals surface area contributed by atoms with Crippen molar-refractivity contribution in [1.82, 2.24) is 0 Å². The van der Waals surface area contributed by atoms with E-state index in [-0.39, 0.29) is 11.5 Å². The van der Waals surface area contributed by atoms with E-state index < -0.39 is 5.91 Å². The lowest BCUT2D eigenvalue weighted by atomic mass is 9.87. The first kappa shape index (κ1) is 14.0. The maximum atomic E-state index is 11.5. The Labute approximate surface area is 118 Å². The summed E-state index contributed by atoms with van der Waals surface area (Å²) in [5.74, 6) is -0.521. The van der Waals surface area contributed by atoms with Crippen LogP contribution in [-0.2, 0) is 0 Å². The van der Waals surface area contributed by atoms with E-state index in [9.17, 15) is 4.79 Å². The largest absolute Gasteiger partial charge is 0.399 e. The molecule has 19 heavy (non-hydrogen) atoms. The van der Waals surface area contributed by atoms with Crippen LogP contribution < -0.4 is 16.8 Å². The zero-order valence-corrected chi connectivity index (χ0v) is 12.1. The van der Waals surface area contributed by atoms with Gasteiger partial charge in [0, 0.05) is 11.7 Å². The number of nitrogens with two attached hydrogens (primary N) is 2. The van der Waals surface area contributed by atoms with Crippen LogP contribution in [0.1, 0.15) is 43.5 Å². The van der Waals surface area contributed by atoms with Crippen molar-refractivity contribution in [3.8, 4) is 0 Å². The maximum absolute atomic E-state index is 11.5. The average molecular weight is 282 g/mol. The van der Waals surface area contributed by atoms with Gasteiger partial charge in [-0.3, -0.25) is 4.79 Å². The highest BCUT2D eigenvalue weighted by Gasteiger charge is 2.35. The van der Waals surface area contributed by atoms with Gasteiger partial charge in [-0.15, -0.1) is 0 Å². The van der Waals surface area contributed by atoms with Gasteiger partial charge in [-0.05, 0) is 30.4 Å². The summed E-state index contributed by atoms with van der Waals surface area (Å²) in [6.45, 7) is 4.43. The summed E-state index contributed by atoms with van der Waals surface area (Å²) < 4.78 is 0. The van der Waals surface area contributed by atoms with Crippen molar-refractivity contribution in [2.75, 3.05) is 11.1 Å². The van der Waals surface area contributed by atoms with Gasteiger partial charge in [-0.2, -0.15) is 0 Å². The van der Waals surface area contributed by atoms with Crippen molar-refractivity contribution in [2.45, 2.75) is 39.2 Å². The number of benzene rings is 1. The second kappa shape index (κ2) is 4.93. The summed E-state index contributed by atoms with van der Waals surface area (Å²) in [5.41, 5.74) is 12.7. The quantitative estimate of drug-likeness (QED) is 0.745. The second-order valence-electron chi connectivity index (χ2n) is 5.87. The van der Waals surface area contributed by atoms with E-state index in [1.807, 2.05) is 0 Å². The third-order valence-electron chi connectivity index (χ3n) is 3.95. The van der Waals surface area contributed by atoms with Crippen molar-refractivity contribution in [1.29, 1.82) is 0 Å². The van der Waals surface area contributed by atoms with Gasteiger partial charge < -0.3 is 16.8 Å². The lowest BCUT2D eigenvalue weighted by molar-refractivity contribution is 0.100. The smallest absolute Gasteiger partial charge is 0.250 e. The number of nitrogens with one attached hydrogen (secondary N) is 1. The van der Waals surface area contributed by atoms with E-state index >= 15 is 0 Å². The van der Waals surface area contributed by atoms with Crippen molar-refractivity contribution in [3.63, 3.8) is 0 Å². The molecule has 1 unspecified atom stereocenters. The van der Waals surface area contributed by atoms with E-state index in [0.29, 0.717) is 22.0 Å². The first-order valence-corrected chi connectivity index (χ1v) is 6.84. The Kier molecular flexibility index (Phi) is 3.63. The van der Waals surface area contributed by atoms with Crippen LogP contribution in [0.3, 0.4) is 0 Å². The molecule has 1 amide bonds. The van der Waals surface area contributed by atoms with Crippen LogP contribution in [0.4, 0.5) is 11.4 Å². The molecule has 0 radical (unpaired) electrons. The van der Waals surface area contributed by atoms with Crippen LogP contribution in [0.2, 0.25) is 5.02 Å². The van der Waals surface area contributed by atoms with E-state index in [0.717, 1.165) is 12.8 Å². The van der Waals surface area contributed by atoms with Gasteiger partial charge in [0.2, 0.25) is 0 Å². The summed E-state index contributed by atoms with van der Waals surface area (Å²) in [7, 11) is 0. The zero-order valence-electron chi connectivity index (χ0n) is 11.3. The van der Waals surface area contributed by atoms with Crippen LogP contribution in [0.25, 0.3) is 0 Å². The molecular formula is C14H20ClN3O. The van der Waals surface area contributed by atoms with Gasteiger partial charge in [-0.25, -0.2) is 0 Å². The normalized spacial score (nSPS) is 21.3. The van der Waals surface area contributed by atoms with E-state index in [1.54, 1.807) is 12.1 Å². The minimum absolute atomic E-state index is 0.180. The standard InChI is InChI=1S/C14H20ClN3O/c1-14(2)5-3-4-11(14)18-12-9(13(17)19)6-8(16)7-10(12)15/h6-7,11,18H,3-5,16H2,1-2H3,(H2,17,19). The third-order valence-corrected chi connectivity index (χ3v) is 4.25. The molecule has 1 fully saturated rings. The molecule has 0 aromatic heterocycles. The molecule has 0 spiro atoms. The van der Waals surface area contributed by atoms with Gasteiger partial charge in [0.15, 0.2) is 0 Å². The van der Waals surface area contributed by atoms with Crippen LogP contribution in [0.15, 0.2) is 12.1 Å². The Morgan fingerprint density at radius 1 is 1.47 bits per heavy atom. The first-order chi connectivity index (χ1) is 8.81. The second-order valence-corrected chi connectivity index (χ2v) is 6.27. The van der Waals surface area contributed by atoms with Gasteiger partial charge in [0.25, 0.3) is 5.91 Å². The van der Waals surface area contributed by atoms with E-state index in [2.05, 4.69) is 19.2 Å². The number of carbonyl (C=O) groups excluding carboxylic acids is 1. The summed E-state index contributed by atoms with van der Waals surface area (Å²) in [5, 5.41) is 3.83. The molecule has 4 nitrogen and oxygen atoms in total. The summed E-state index contributed by atoms with van der Waals surface area (Å²) >= 11 is 6.20. The van der Waals surface area contributed by atoms with Gasteiger partial charge >= 0.3 is 0 Å². The minimum atomic E-state index is -0.521. The number of carbonyl (C=O) groups is 1. The van der Waals surface area contributed by atoms with Crippen LogP contribution in [0.5, 0.6) is 0 Å². The predicted octanol–water partition coefficient (Wildman–Crippen LogP) is 3.01. The molecule has 1 aliphatic carbocycles. The Morgan fingerprint density at radius 2 is 2.16 bits per heavy atom. The average Bonchev–Trinajstić information content (AvgIpc) is 2.61. The number of nitrogen functional groups attached to an aromatic ring is 1. The highest BCUT2D eigenvalue weighted by molar-refractivity contribution is 6.34. The summed E-state index contributed by atoms with van der Waals surface area (Å²) in [6, 6.07) is 3.49. The molecule has 5 N–H and O–H groups in total. The Balaban J connectivity index is 2.37. The number of primary amides is 1. The number of halogens is 1. The highest BCUT2D eigenvalue weighted by atomic mass is 35.5. The molecule has 2 rings (SSSR count). The predicted molar refractivity (Wildman–Crippen MR) is 79.4 cm³/mol. The van der Waals surface area contributed by atoms with Crippen LogP contribution >= 0.6 is 11.6 Å². The lowest BCUT2D eigenvalue weighted by Gasteiger charge is -2.29.